The summed E-state index contributed by atoms with van der Waals surface area (Å²) in [5.74, 6) is 0.829. The summed E-state index contributed by atoms with van der Waals surface area (Å²) < 4.78 is 1.96. The van der Waals surface area contributed by atoms with Gasteiger partial charge in [-0.15, -0.1) is 10.2 Å². The van der Waals surface area contributed by atoms with Crippen molar-refractivity contribution in [2.75, 3.05) is 10.6 Å². The van der Waals surface area contributed by atoms with Crippen LogP contribution in [0.25, 0.3) is 5.69 Å². The number of nitrogens with one attached hydrogen (secondary N) is 2. The molecule has 0 spiro atoms. The smallest absolute Gasteiger partial charge is 0.237 e. The van der Waals surface area contributed by atoms with Crippen molar-refractivity contribution in [1.82, 2.24) is 14.8 Å². The number of halogens is 2. The van der Waals surface area contributed by atoms with Gasteiger partial charge in [0.05, 0.1) is 26.7 Å². The summed E-state index contributed by atoms with van der Waals surface area (Å²) in [5.41, 5.74) is 1.97. The van der Waals surface area contributed by atoms with E-state index in [-0.39, 0.29) is 11.8 Å². The Hall–Kier alpha value is -2.55. The summed E-state index contributed by atoms with van der Waals surface area (Å²) in [5, 5.41) is 15.2. The zero-order valence-corrected chi connectivity index (χ0v) is 19.8. The van der Waals surface area contributed by atoms with Crippen molar-refractivity contribution < 1.29 is 9.59 Å². The van der Waals surface area contributed by atoms with Crippen LogP contribution in [-0.4, -0.2) is 31.8 Å². The molecule has 1 aliphatic rings. The second-order valence-electron chi connectivity index (χ2n) is 7.53. The molecule has 3 aromatic rings. The first-order valence-electron chi connectivity index (χ1n) is 10.1. The Morgan fingerprint density at radius 2 is 1.88 bits per heavy atom. The molecular weight excluding hydrogens is 469 g/mol. The highest BCUT2D eigenvalue weighted by atomic mass is 35.5. The van der Waals surface area contributed by atoms with Gasteiger partial charge in [-0.25, -0.2) is 0 Å². The molecule has 1 atom stereocenters. The summed E-state index contributed by atoms with van der Waals surface area (Å²) in [6.07, 6.45) is 2.11. The molecule has 1 aromatic heterocycles. The molecule has 2 amide bonds. The number of aromatic nitrogens is 3. The van der Waals surface area contributed by atoms with Crippen LogP contribution in [0, 0.1) is 0 Å². The lowest BCUT2D eigenvalue weighted by molar-refractivity contribution is -0.115. The van der Waals surface area contributed by atoms with E-state index in [1.807, 2.05) is 28.8 Å². The second-order valence-corrected chi connectivity index (χ2v) is 9.63. The van der Waals surface area contributed by atoms with Gasteiger partial charge < -0.3 is 10.6 Å². The van der Waals surface area contributed by atoms with Crippen molar-refractivity contribution in [3.05, 3.63) is 58.3 Å². The first-order chi connectivity index (χ1) is 15.3. The zero-order chi connectivity index (χ0) is 22.8. The van der Waals surface area contributed by atoms with Crippen molar-refractivity contribution >= 4 is 58.2 Å². The molecule has 1 fully saturated rings. The second kappa shape index (κ2) is 9.52. The molecule has 1 aliphatic carbocycles. The van der Waals surface area contributed by atoms with E-state index < -0.39 is 5.25 Å². The maximum Gasteiger partial charge on any atom is 0.237 e. The molecule has 1 saturated carbocycles. The van der Waals surface area contributed by atoms with Crippen LogP contribution in [-0.2, 0) is 9.59 Å². The minimum absolute atomic E-state index is 0.145. The molecule has 32 heavy (non-hydrogen) atoms. The summed E-state index contributed by atoms with van der Waals surface area (Å²) in [6.45, 7) is 3.26. The highest BCUT2D eigenvalue weighted by Crippen LogP contribution is 2.42. The lowest BCUT2D eigenvalue weighted by atomic mass is 10.2. The summed E-state index contributed by atoms with van der Waals surface area (Å²) in [6, 6.07) is 12.6. The fourth-order valence-corrected chi connectivity index (χ4v) is 4.40. The Balaban J connectivity index is 1.58. The third kappa shape index (κ3) is 5.09. The number of hydrogen-bond acceptors (Lipinski definition) is 5. The van der Waals surface area contributed by atoms with Gasteiger partial charge in [-0.3, -0.25) is 14.2 Å². The molecule has 7 nitrogen and oxygen atoms in total. The Morgan fingerprint density at radius 1 is 1.12 bits per heavy atom. The number of amides is 2. The largest absolute Gasteiger partial charge is 0.326 e. The summed E-state index contributed by atoms with van der Waals surface area (Å²) in [4.78, 5) is 24.3. The molecule has 4 rings (SSSR count). The standard InChI is InChI=1S/C22H21Cl2N5O2S/c1-12(21(31)26-18-8-4-7-17(23)19(18)24)32-22-28-27-20(14-9-10-14)29(22)16-6-3-5-15(11-16)25-13(2)30/h3-8,11-12,14H,9-10H2,1-2H3,(H,25,30)(H,26,31). The molecule has 166 valence electrons. The van der Waals surface area contributed by atoms with Crippen molar-refractivity contribution in [1.29, 1.82) is 0 Å². The van der Waals surface area contributed by atoms with Crippen LogP contribution < -0.4 is 10.6 Å². The van der Waals surface area contributed by atoms with Crippen LogP contribution in [0.2, 0.25) is 10.0 Å². The fourth-order valence-electron chi connectivity index (χ4n) is 3.18. The monoisotopic (exact) mass is 489 g/mol. The quantitative estimate of drug-likeness (QED) is 0.425. The highest BCUT2D eigenvalue weighted by Gasteiger charge is 2.32. The average Bonchev–Trinajstić information content (AvgIpc) is 3.51. The number of rotatable bonds is 7. The number of hydrogen-bond donors (Lipinski definition) is 2. The topological polar surface area (TPSA) is 88.9 Å². The molecule has 1 heterocycles. The average molecular weight is 490 g/mol. The van der Waals surface area contributed by atoms with Gasteiger partial charge in [-0.05, 0) is 50.1 Å². The SMILES string of the molecule is CC(=O)Nc1cccc(-n2c(SC(C)C(=O)Nc3cccc(Cl)c3Cl)nnc2C2CC2)c1. The number of thioether (sulfide) groups is 1. The van der Waals surface area contributed by atoms with Gasteiger partial charge in [-0.1, -0.05) is 47.1 Å². The van der Waals surface area contributed by atoms with Gasteiger partial charge >= 0.3 is 0 Å². The first kappa shape index (κ1) is 22.6. The number of anilines is 2. The lowest BCUT2D eigenvalue weighted by Crippen LogP contribution is -2.23. The lowest BCUT2D eigenvalue weighted by Gasteiger charge is -2.15. The van der Waals surface area contributed by atoms with Crippen LogP contribution in [0.5, 0.6) is 0 Å². The van der Waals surface area contributed by atoms with Crippen LogP contribution >= 0.6 is 35.0 Å². The number of carbonyl (C=O) groups is 2. The molecule has 2 aromatic carbocycles. The van der Waals surface area contributed by atoms with E-state index >= 15 is 0 Å². The van der Waals surface area contributed by atoms with E-state index in [1.165, 1.54) is 18.7 Å². The first-order valence-corrected chi connectivity index (χ1v) is 11.7. The van der Waals surface area contributed by atoms with Crippen molar-refractivity contribution in [3.8, 4) is 5.69 Å². The minimum atomic E-state index is -0.474. The van der Waals surface area contributed by atoms with Crippen molar-refractivity contribution in [2.24, 2.45) is 0 Å². The van der Waals surface area contributed by atoms with Crippen LogP contribution in [0.3, 0.4) is 0 Å². The molecule has 1 unspecified atom stereocenters. The predicted molar refractivity (Wildman–Crippen MR) is 128 cm³/mol. The van der Waals surface area contributed by atoms with E-state index in [4.69, 9.17) is 23.2 Å². The Labute approximate surface area is 199 Å². The van der Waals surface area contributed by atoms with Gasteiger partial charge in [0.1, 0.15) is 5.82 Å². The maximum atomic E-state index is 12.8. The van der Waals surface area contributed by atoms with Gasteiger partial charge in [0.15, 0.2) is 5.16 Å². The van der Waals surface area contributed by atoms with E-state index in [0.717, 1.165) is 24.4 Å². The normalized spacial score (nSPS) is 14.1. The molecular formula is C22H21Cl2N5O2S. The number of benzene rings is 2. The van der Waals surface area contributed by atoms with E-state index in [0.29, 0.717) is 32.5 Å². The fraction of sp³-hybridized carbons (Fsp3) is 0.273. The van der Waals surface area contributed by atoms with E-state index in [9.17, 15) is 9.59 Å². The molecule has 0 aliphatic heterocycles. The summed E-state index contributed by atoms with van der Waals surface area (Å²) >= 11 is 13.5. The zero-order valence-electron chi connectivity index (χ0n) is 17.4. The molecule has 0 saturated heterocycles. The van der Waals surface area contributed by atoms with Gasteiger partial charge in [-0.2, -0.15) is 0 Å². The van der Waals surface area contributed by atoms with Crippen molar-refractivity contribution in [3.63, 3.8) is 0 Å². The van der Waals surface area contributed by atoms with Crippen LogP contribution in [0.15, 0.2) is 47.6 Å². The minimum Gasteiger partial charge on any atom is -0.326 e. The van der Waals surface area contributed by atoms with E-state index in [1.54, 1.807) is 25.1 Å². The Bertz CT molecular complexity index is 1180. The number of carbonyl (C=O) groups excluding carboxylic acids is 2. The van der Waals surface area contributed by atoms with Crippen molar-refractivity contribution in [2.45, 2.75) is 43.0 Å². The maximum absolute atomic E-state index is 12.8. The van der Waals surface area contributed by atoms with Crippen LogP contribution in [0.4, 0.5) is 11.4 Å². The third-order valence-electron chi connectivity index (χ3n) is 4.89. The van der Waals surface area contributed by atoms with Gasteiger partial charge in [0.2, 0.25) is 11.8 Å². The highest BCUT2D eigenvalue weighted by molar-refractivity contribution is 8.00. The molecule has 0 bridgehead atoms. The predicted octanol–water partition coefficient (Wildman–Crippen LogP) is 5.53. The molecule has 10 heteroatoms. The van der Waals surface area contributed by atoms with Crippen LogP contribution in [0.1, 0.15) is 38.4 Å². The van der Waals surface area contributed by atoms with E-state index in [2.05, 4.69) is 20.8 Å². The Morgan fingerprint density at radius 3 is 2.59 bits per heavy atom. The molecule has 0 radical (unpaired) electrons. The van der Waals surface area contributed by atoms with Gasteiger partial charge in [0.25, 0.3) is 0 Å². The third-order valence-corrected chi connectivity index (χ3v) is 6.75. The number of nitrogens with zero attached hydrogens (tertiary/aromatic N) is 3. The molecule has 2 N–H and O–H groups in total. The Kier molecular flexibility index (Phi) is 6.74. The van der Waals surface area contributed by atoms with Gasteiger partial charge in [0, 0.05) is 18.5 Å². The summed E-state index contributed by atoms with van der Waals surface area (Å²) in [7, 11) is 0.